The predicted molar refractivity (Wildman–Crippen MR) is 143 cm³/mol. The molecule has 1 unspecified atom stereocenters. The van der Waals surface area contributed by atoms with Crippen LogP contribution < -0.4 is 15.4 Å². The lowest BCUT2D eigenvalue weighted by Gasteiger charge is -2.30. The minimum absolute atomic E-state index is 0.0295. The highest BCUT2D eigenvalue weighted by atomic mass is 35.5. The number of hydrogen-bond donors (Lipinski definition) is 2. The zero-order valence-electron chi connectivity index (χ0n) is 21.8. The second-order valence-corrected chi connectivity index (χ2v) is 10.3. The normalized spacial score (nSPS) is 16.0. The molecule has 1 amide bonds. The minimum atomic E-state index is -0.682. The van der Waals surface area contributed by atoms with Crippen LogP contribution in [0, 0.1) is 0 Å². The number of aliphatic hydroxyl groups is 1. The summed E-state index contributed by atoms with van der Waals surface area (Å²) < 4.78 is 17.1. The highest BCUT2D eigenvalue weighted by molar-refractivity contribution is 6.32. The van der Waals surface area contributed by atoms with Gasteiger partial charge in [-0.25, -0.2) is 9.79 Å². The minimum Gasteiger partial charge on any atom is -0.491 e. The van der Waals surface area contributed by atoms with E-state index >= 15 is 0 Å². The van der Waals surface area contributed by atoms with Gasteiger partial charge in [-0.05, 0) is 71.0 Å². The summed E-state index contributed by atoms with van der Waals surface area (Å²) in [6, 6.07) is 9.93. The molecule has 1 aliphatic heterocycles. The quantitative estimate of drug-likeness (QED) is 0.308. The number of benzene rings is 2. The lowest BCUT2D eigenvalue weighted by molar-refractivity contribution is 0.00307. The summed E-state index contributed by atoms with van der Waals surface area (Å²) in [6.07, 6.45) is -0.566. The van der Waals surface area contributed by atoms with E-state index in [0.717, 1.165) is 0 Å². The summed E-state index contributed by atoms with van der Waals surface area (Å²) in [5.41, 5.74) is 1.61. The summed E-state index contributed by atoms with van der Waals surface area (Å²) in [7, 11) is 0. The van der Waals surface area contributed by atoms with Crippen LogP contribution in [0.4, 0.5) is 4.79 Å². The molecule has 9 nitrogen and oxygen atoms in total. The van der Waals surface area contributed by atoms with Crippen molar-refractivity contribution in [3.8, 4) is 11.5 Å². The van der Waals surface area contributed by atoms with Crippen LogP contribution >= 0.6 is 11.6 Å². The summed E-state index contributed by atoms with van der Waals surface area (Å²) >= 11 is 6.35. The molecule has 200 valence electrons. The van der Waals surface area contributed by atoms with E-state index in [-0.39, 0.29) is 31.8 Å². The average Bonchev–Trinajstić information content (AvgIpc) is 3.01. The number of carbonyl (C=O) groups is 1. The van der Waals surface area contributed by atoms with Crippen molar-refractivity contribution in [2.45, 2.75) is 58.9 Å². The molecule has 3 rings (SSSR count). The van der Waals surface area contributed by atoms with Crippen LogP contribution in [0.2, 0.25) is 5.02 Å². The van der Waals surface area contributed by atoms with Gasteiger partial charge in [-0.3, -0.25) is 4.90 Å². The molecule has 0 aliphatic carbocycles. The van der Waals surface area contributed by atoms with Gasteiger partial charge in [0.1, 0.15) is 23.7 Å². The summed E-state index contributed by atoms with van der Waals surface area (Å²) in [5.74, 6) is 6.76. The Hall–Kier alpha value is -3.27. The second-order valence-electron chi connectivity index (χ2n) is 9.87. The van der Waals surface area contributed by atoms with E-state index in [1.165, 1.54) is 4.90 Å². The Morgan fingerprint density at radius 2 is 1.97 bits per heavy atom. The Labute approximate surface area is 222 Å². The second kappa shape index (κ2) is 11.9. The first-order valence-corrected chi connectivity index (χ1v) is 12.3. The lowest BCUT2D eigenvalue weighted by atomic mass is 10.1. The van der Waals surface area contributed by atoms with Crippen molar-refractivity contribution in [1.29, 1.82) is 0 Å². The molecule has 10 heteroatoms. The Morgan fingerprint density at radius 3 is 2.57 bits per heavy atom. The molecule has 3 N–H and O–H groups in total. The van der Waals surface area contributed by atoms with Crippen molar-refractivity contribution in [2.75, 3.05) is 13.2 Å². The van der Waals surface area contributed by atoms with E-state index in [4.69, 9.17) is 36.5 Å². The van der Waals surface area contributed by atoms with Gasteiger partial charge in [-0.1, -0.05) is 18.2 Å². The Bertz CT molecular complexity index is 1180. The number of halogens is 1. The molecular weight excluding hydrogens is 498 g/mol. The number of rotatable bonds is 6. The fourth-order valence-electron chi connectivity index (χ4n) is 3.63. The van der Waals surface area contributed by atoms with Gasteiger partial charge in [0, 0.05) is 16.7 Å². The predicted octanol–water partition coefficient (Wildman–Crippen LogP) is 4.93. The summed E-state index contributed by atoms with van der Waals surface area (Å²) in [6.45, 7) is 13.3. The van der Waals surface area contributed by atoms with Crippen molar-refractivity contribution < 1.29 is 28.9 Å². The summed E-state index contributed by atoms with van der Waals surface area (Å²) in [4.78, 5) is 23.8. The molecule has 1 heterocycles. The molecule has 1 atom stereocenters. The molecule has 0 spiro atoms. The van der Waals surface area contributed by atoms with Gasteiger partial charge in [-0.2, -0.15) is 5.90 Å². The number of carbonyl (C=O) groups excluding carboxylic acids is 1. The van der Waals surface area contributed by atoms with Crippen LogP contribution in [0.3, 0.4) is 0 Å². The third kappa shape index (κ3) is 7.38. The van der Waals surface area contributed by atoms with Gasteiger partial charge in [0.25, 0.3) is 0 Å². The highest BCUT2D eigenvalue weighted by Crippen LogP contribution is 2.31. The molecular formula is C27H34ClN3O6. The highest BCUT2D eigenvalue weighted by Gasteiger charge is 2.32. The number of amides is 1. The van der Waals surface area contributed by atoms with E-state index < -0.39 is 17.7 Å². The van der Waals surface area contributed by atoms with Gasteiger partial charge in [0.2, 0.25) is 5.90 Å². The largest absolute Gasteiger partial charge is 0.491 e. The van der Waals surface area contributed by atoms with E-state index in [9.17, 15) is 9.90 Å². The van der Waals surface area contributed by atoms with E-state index in [1.54, 1.807) is 51.1 Å². The number of aliphatic hydroxyl groups excluding tert-OH is 1. The van der Waals surface area contributed by atoms with Gasteiger partial charge in [-0.15, -0.1) is 0 Å². The molecule has 0 aromatic heterocycles. The van der Waals surface area contributed by atoms with Crippen molar-refractivity contribution in [2.24, 2.45) is 10.9 Å². The van der Waals surface area contributed by atoms with Crippen LogP contribution in [0.1, 0.15) is 51.3 Å². The SMILES string of the molecule is C=C(/N=C(\ON)c1ccc(OC(C)C)c(Cl)c1)c1ccc2c(c1)CN(C(=O)OC(C)(C)C)C(CO)CO2. The van der Waals surface area contributed by atoms with Gasteiger partial charge >= 0.3 is 6.09 Å². The average molecular weight is 532 g/mol. The Morgan fingerprint density at radius 1 is 1.27 bits per heavy atom. The van der Waals surface area contributed by atoms with Crippen LogP contribution in [-0.4, -0.2) is 53.0 Å². The van der Waals surface area contributed by atoms with E-state index in [1.807, 2.05) is 19.9 Å². The molecule has 0 bridgehead atoms. The van der Waals surface area contributed by atoms with Crippen molar-refractivity contribution >= 4 is 29.3 Å². The zero-order valence-corrected chi connectivity index (χ0v) is 22.5. The van der Waals surface area contributed by atoms with Gasteiger partial charge in [0.05, 0.1) is 36.0 Å². The maximum atomic E-state index is 12.9. The lowest BCUT2D eigenvalue weighted by Crippen LogP contribution is -2.46. The topological polar surface area (TPSA) is 116 Å². The van der Waals surface area contributed by atoms with Crippen molar-refractivity contribution in [1.82, 2.24) is 4.90 Å². The number of aliphatic imine (C=N–C) groups is 1. The molecule has 2 aromatic carbocycles. The Balaban J connectivity index is 1.88. The molecule has 0 saturated heterocycles. The zero-order chi connectivity index (χ0) is 27.3. The molecule has 0 radical (unpaired) electrons. The van der Waals surface area contributed by atoms with Crippen LogP contribution in [0.25, 0.3) is 5.70 Å². The molecule has 37 heavy (non-hydrogen) atoms. The van der Waals surface area contributed by atoms with Crippen molar-refractivity contribution in [3.63, 3.8) is 0 Å². The van der Waals surface area contributed by atoms with Gasteiger partial charge in [0.15, 0.2) is 0 Å². The maximum absolute atomic E-state index is 12.9. The summed E-state index contributed by atoms with van der Waals surface area (Å²) in [5, 5.41) is 10.3. The number of hydrogen-bond acceptors (Lipinski definition) is 8. The van der Waals surface area contributed by atoms with Crippen molar-refractivity contribution in [3.05, 3.63) is 64.7 Å². The van der Waals surface area contributed by atoms with Gasteiger partial charge < -0.3 is 24.2 Å². The first-order valence-electron chi connectivity index (χ1n) is 11.9. The fourth-order valence-corrected chi connectivity index (χ4v) is 3.85. The molecule has 0 saturated carbocycles. The number of nitrogens with two attached hydrogens (primary N) is 1. The third-order valence-corrected chi connectivity index (χ3v) is 5.63. The molecule has 1 aliphatic rings. The molecule has 0 fully saturated rings. The Kier molecular flexibility index (Phi) is 9.07. The van der Waals surface area contributed by atoms with Crippen LogP contribution in [-0.2, 0) is 16.1 Å². The first-order chi connectivity index (χ1) is 17.4. The standard InChI is InChI=1S/C27H34ClN3O6/c1-16(2)35-24-10-8-19(12-22(24)28)25(37-29)30-17(3)18-7-9-23-20(11-18)13-31(21(14-32)15-34-23)26(33)36-27(4,5)6/h7-12,16,21,32H,3,13-15,29H2,1-2,4-6H3/b30-25-. The monoisotopic (exact) mass is 531 g/mol. The maximum Gasteiger partial charge on any atom is 0.411 e. The fraction of sp³-hybridized carbons (Fsp3) is 0.407. The molecule has 2 aromatic rings. The van der Waals surface area contributed by atoms with Crippen LogP contribution in [0.5, 0.6) is 11.5 Å². The van der Waals surface area contributed by atoms with Crippen LogP contribution in [0.15, 0.2) is 48.0 Å². The van der Waals surface area contributed by atoms with E-state index in [2.05, 4.69) is 11.6 Å². The van der Waals surface area contributed by atoms with E-state index in [0.29, 0.717) is 38.9 Å². The smallest absolute Gasteiger partial charge is 0.411 e. The number of nitrogens with zero attached hydrogens (tertiary/aromatic N) is 2. The third-order valence-electron chi connectivity index (χ3n) is 5.33. The number of ether oxygens (including phenoxy) is 3. The number of fused-ring (bicyclic) bond motifs is 1. The first kappa shape index (κ1) is 28.3.